The first-order chi connectivity index (χ1) is 23.7. The molecule has 0 aliphatic rings. The van der Waals surface area contributed by atoms with Crippen molar-refractivity contribution in [1.29, 1.82) is 0 Å². The van der Waals surface area contributed by atoms with E-state index in [-0.39, 0.29) is 5.56 Å². The second-order valence-corrected chi connectivity index (χ2v) is 11.2. The van der Waals surface area contributed by atoms with Crippen LogP contribution in [0.25, 0.3) is 0 Å². The quantitative estimate of drug-likeness (QED) is 0.0785. The van der Waals surface area contributed by atoms with E-state index in [2.05, 4.69) is 29.7 Å². The third-order valence-electron chi connectivity index (χ3n) is 7.58. The van der Waals surface area contributed by atoms with Gasteiger partial charge in [0, 0.05) is 64.1 Å². The Balaban J connectivity index is 1.17. The van der Waals surface area contributed by atoms with Gasteiger partial charge in [0.05, 0.1) is 43.1 Å². The largest absolute Gasteiger partial charge is 0.492 e. The molecule has 0 N–H and O–H groups in total. The molecule has 10 heteroatoms. The van der Waals surface area contributed by atoms with Crippen LogP contribution in [0.4, 0.5) is 0 Å². The number of pyridine rings is 4. The number of hydrogen-bond donors (Lipinski definition) is 0. The molecule has 248 valence electrons. The fraction of sp³-hybridized carbons (Fsp3) is 0.289. The number of benzene rings is 1. The summed E-state index contributed by atoms with van der Waals surface area (Å²) in [5, 5.41) is 0. The van der Waals surface area contributed by atoms with Crippen LogP contribution in [0.15, 0.2) is 116 Å². The van der Waals surface area contributed by atoms with Gasteiger partial charge < -0.3 is 14.2 Å². The lowest BCUT2D eigenvalue weighted by atomic mass is 10.1. The van der Waals surface area contributed by atoms with E-state index < -0.39 is 5.97 Å². The zero-order valence-corrected chi connectivity index (χ0v) is 27.4. The highest BCUT2D eigenvalue weighted by atomic mass is 16.5. The minimum Gasteiger partial charge on any atom is -0.492 e. The van der Waals surface area contributed by atoms with E-state index in [1.165, 1.54) is 7.11 Å². The van der Waals surface area contributed by atoms with Crippen LogP contribution in [-0.4, -0.2) is 69.1 Å². The van der Waals surface area contributed by atoms with Gasteiger partial charge in [-0.1, -0.05) is 30.3 Å². The molecule has 5 aromatic rings. The SMILES string of the molecule is COC(=O)c1c(OCCCN(Cc2ccccn2)Cc2ccccn2)cccc1OCCCN(Cc1ccccn1)Cc1ccccn1. The second-order valence-electron chi connectivity index (χ2n) is 11.2. The van der Waals surface area contributed by atoms with Crippen molar-refractivity contribution in [2.75, 3.05) is 33.4 Å². The van der Waals surface area contributed by atoms with Crippen LogP contribution in [0.1, 0.15) is 46.0 Å². The Morgan fingerprint density at radius 2 is 0.917 bits per heavy atom. The summed E-state index contributed by atoms with van der Waals surface area (Å²) in [4.78, 5) is 35.5. The summed E-state index contributed by atoms with van der Waals surface area (Å²) >= 11 is 0. The molecule has 4 heterocycles. The highest BCUT2D eigenvalue weighted by Gasteiger charge is 2.20. The number of nitrogens with zero attached hydrogens (tertiary/aromatic N) is 6. The third-order valence-corrected chi connectivity index (χ3v) is 7.58. The maximum Gasteiger partial charge on any atom is 0.345 e. The molecule has 0 radical (unpaired) electrons. The van der Waals surface area contributed by atoms with Crippen LogP contribution in [0.3, 0.4) is 0 Å². The number of ether oxygens (including phenoxy) is 3. The van der Waals surface area contributed by atoms with E-state index in [4.69, 9.17) is 14.2 Å². The molecule has 5 rings (SSSR count). The molecular formula is C38H42N6O4. The van der Waals surface area contributed by atoms with Gasteiger partial charge in [0.25, 0.3) is 0 Å². The van der Waals surface area contributed by atoms with Gasteiger partial charge in [0.1, 0.15) is 17.1 Å². The Kier molecular flexibility index (Phi) is 13.4. The van der Waals surface area contributed by atoms with Crippen molar-refractivity contribution in [3.8, 4) is 11.5 Å². The van der Waals surface area contributed by atoms with Crippen LogP contribution in [0, 0.1) is 0 Å². The molecule has 1 aromatic carbocycles. The summed E-state index contributed by atoms with van der Waals surface area (Å²) in [5.74, 6) is 0.374. The molecular weight excluding hydrogens is 604 g/mol. The lowest BCUT2D eigenvalue weighted by Gasteiger charge is -2.22. The van der Waals surface area contributed by atoms with Crippen LogP contribution in [0.5, 0.6) is 11.5 Å². The lowest BCUT2D eigenvalue weighted by Crippen LogP contribution is -2.26. The van der Waals surface area contributed by atoms with Crippen molar-refractivity contribution >= 4 is 5.97 Å². The number of esters is 1. The summed E-state index contributed by atoms with van der Waals surface area (Å²) in [6, 6.07) is 29.1. The first kappa shape index (κ1) is 34.2. The molecule has 0 atom stereocenters. The minimum atomic E-state index is -0.500. The standard InChI is InChI=1S/C38H42N6O4/c1-46-38(45)37-35(47-25-11-23-43(27-31-13-2-6-19-39-31)28-32-14-3-7-20-40-32)17-10-18-36(37)48-26-12-24-44(29-33-15-4-8-21-41-33)30-34-16-5-9-22-42-34/h2-10,13-22H,11-12,23-30H2,1H3. The Morgan fingerprint density at radius 1 is 0.542 bits per heavy atom. The van der Waals surface area contributed by atoms with Crippen LogP contribution in [-0.2, 0) is 30.9 Å². The molecule has 0 aliphatic carbocycles. The minimum absolute atomic E-state index is 0.289. The Bertz CT molecular complexity index is 1450. The van der Waals surface area contributed by atoms with E-state index in [0.29, 0.717) is 50.9 Å². The second kappa shape index (κ2) is 18.8. The van der Waals surface area contributed by atoms with Crippen LogP contribution < -0.4 is 9.47 Å². The molecule has 0 fully saturated rings. The van der Waals surface area contributed by atoms with Gasteiger partial charge in [-0.3, -0.25) is 29.7 Å². The van der Waals surface area contributed by atoms with Crippen molar-refractivity contribution in [3.63, 3.8) is 0 Å². The summed E-state index contributed by atoms with van der Waals surface area (Å²) in [5.41, 5.74) is 4.25. The Labute approximate surface area is 282 Å². The van der Waals surface area contributed by atoms with E-state index in [1.54, 1.807) is 36.9 Å². The molecule has 4 aromatic heterocycles. The van der Waals surface area contributed by atoms with Gasteiger partial charge in [-0.15, -0.1) is 0 Å². The van der Waals surface area contributed by atoms with Crippen molar-refractivity contribution in [1.82, 2.24) is 29.7 Å². The van der Waals surface area contributed by atoms with E-state index >= 15 is 0 Å². The van der Waals surface area contributed by atoms with Gasteiger partial charge in [-0.2, -0.15) is 0 Å². The maximum atomic E-state index is 12.9. The summed E-state index contributed by atoms with van der Waals surface area (Å²) in [6.45, 7) is 5.08. The first-order valence-electron chi connectivity index (χ1n) is 16.2. The van der Waals surface area contributed by atoms with E-state index in [0.717, 1.165) is 48.7 Å². The van der Waals surface area contributed by atoms with E-state index in [1.807, 2.05) is 78.9 Å². The normalized spacial score (nSPS) is 11.1. The van der Waals surface area contributed by atoms with E-state index in [9.17, 15) is 4.79 Å². The summed E-state index contributed by atoms with van der Waals surface area (Å²) < 4.78 is 17.5. The zero-order valence-electron chi connectivity index (χ0n) is 27.4. The number of aromatic nitrogens is 4. The number of carbonyl (C=O) groups excluding carboxylic acids is 1. The molecule has 0 saturated carbocycles. The lowest BCUT2D eigenvalue weighted by molar-refractivity contribution is 0.0590. The fourth-order valence-electron chi connectivity index (χ4n) is 5.31. The first-order valence-corrected chi connectivity index (χ1v) is 16.2. The Morgan fingerprint density at radius 3 is 1.23 bits per heavy atom. The predicted molar refractivity (Wildman–Crippen MR) is 183 cm³/mol. The third kappa shape index (κ3) is 11.0. The zero-order chi connectivity index (χ0) is 33.2. The van der Waals surface area contributed by atoms with Crippen molar-refractivity contribution in [2.24, 2.45) is 0 Å². The Hall–Kier alpha value is -5.19. The average Bonchev–Trinajstić information content (AvgIpc) is 3.13. The van der Waals surface area contributed by atoms with Gasteiger partial charge in [-0.25, -0.2) is 4.79 Å². The number of carbonyl (C=O) groups is 1. The van der Waals surface area contributed by atoms with Crippen LogP contribution >= 0.6 is 0 Å². The van der Waals surface area contributed by atoms with Crippen molar-refractivity contribution in [2.45, 2.75) is 39.0 Å². The smallest absolute Gasteiger partial charge is 0.345 e. The monoisotopic (exact) mass is 646 g/mol. The molecule has 0 amide bonds. The van der Waals surface area contributed by atoms with Crippen molar-refractivity contribution in [3.05, 3.63) is 144 Å². The average molecular weight is 647 g/mol. The van der Waals surface area contributed by atoms with Crippen molar-refractivity contribution < 1.29 is 19.0 Å². The van der Waals surface area contributed by atoms with Gasteiger partial charge in [0.15, 0.2) is 0 Å². The van der Waals surface area contributed by atoms with Gasteiger partial charge >= 0.3 is 5.97 Å². The predicted octanol–water partition coefficient (Wildman–Crippen LogP) is 6.00. The molecule has 0 saturated heterocycles. The van der Waals surface area contributed by atoms with Gasteiger partial charge in [-0.05, 0) is 73.5 Å². The molecule has 0 spiro atoms. The topological polar surface area (TPSA) is 103 Å². The fourth-order valence-corrected chi connectivity index (χ4v) is 5.31. The molecule has 10 nitrogen and oxygen atoms in total. The molecule has 48 heavy (non-hydrogen) atoms. The summed E-state index contributed by atoms with van der Waals surface area (Å²) in [7, 11) is 1.36. The number of rotatable bonds is 19. The molecule has 0 aliphatic heterocycles. The molecule has 0 bridgehead atoms. The highest BCUT2D eigenvalue weighted by Crippen LogP contribution is 2.30. The number of methoxy groups -OCH3 is 1. The summed E-state index contributed by atoms with van der Waals surface area (Å²) in [6.07, 6.45) is 8.69. The van der Waals surface area contributed by atoms with Gasteiger partial charge in [0.2, 0.25) is 0 Å². The number of hydrogen-bond acceptors (Lipinski definition) is 10. The molecule has 0 unspecified atom stereocenters. The highest BCUT2D eigenvalue weighted by molar-refractivity contribution is 5.95. The maximum absolute atomic E-state index is 12.9. The van der Waals surface area contributed by atoms with Crippen LogP contribution in [0.2, 0.25) is 0 Å².